The Morgan fingerprint density at radius 1 is 1.29 bits per heavy atom. The van der Waals surface area contributed by atoms with Crippen LogP contribution < -0.4 is 4.74 Å². The van der Waals surface area contributed by atoms with E-state index < -0.39 is 0 Å². The van der Waals surface area contributed by atoms with Gasteiger partial charge in [-0.2, -0.15) is 0 Å². The van der Waals surface area contributed by atoms with Crippen molar-refractivity contribution in [3.63, 3.8) is 0 Å². The van der Waals surface area contributed by atoms with Crippen molar-refractivity contribution in [1.82, 2.24) is 0 Å². The molecule has 77 valence electrons. The molecule has 1 atom stereocenters. The molecule has 0 heterocycles. The quantitative estimate of drug-likeness (QED) is 0.663. The van der Waals surface area contributed by atoms with Gasteiger partial charge in [-0.1, -0.05) is 32.0 Å². The van der Waals surface area contributed by atoms with E-state index in [9.17, 15) is 0 Å². The van der Waals surface area contributed by atoms with Crippen molar-refractivity contribution < 1.29 is 4.74 Å². The highest BCUT2D eigenvalue weighted by Crippen LogP contribution is 2.15. The fourth-order valence-corrected chi connectivity index (χ4v) is 1.39. The van der Waals surface area contributed by atoms with Crippen LogP contribution in [0.4, 0.5) is 0 Å². The number of hydrogen-bond donors (Lipinski definition) is 0. The maximum atomic E-state index is 5.85. The van der Waals surface area contributed by atoms with E-state index in [-0.39, 0.29) is 0 Å². The summed E-state index contributed by atoms with van der Waals surface area (Å²) in [6.07, 6.45) is 5.86. The fourth-order valence-electron chi connectivity index (χ4n) is 1.39. The highest BCUT2D eigenvalue weighted by atomic mass is 16.5. The van der Waals surface area contributed by atoms with Gasteiger partial charge < -0.3 is 4.74 Å². The predicted octanol–water partition coefficient (Wildman–Crippen LogP) is 3.85. The van der Waals surface area contributed by atoms with Crippen LogP contribution in [0.25, 0.3) is 0 Å². The Labute approximate surface area is 87.1 Å². The number of unbranched alkanes of at least 4 members (excludes halogenated alkanes) is 1. The minimum atomic E-state index is 0.355. The van der Waals surface area contributed by atoms with Gasteiger partial charge in [-0.15, -0.1) is 0 Å². The molecule has 1 unspecified atom stereocenters. The summed E-state index contributed by atoms with van der Waals surface area (Å²) in [6.45, 7) is 4.26. The first-order valence-electron chi connectivity index (χ1n) is 5.36. The van der Waals surface area contributed by atoms with E-state index in [1.165, 1.54) is 0 Å². The second-order valence-corrected chi connectivity index (χ2v) is 3.45. The van der Waals surface area contributed by atoms with Crippen molar-refractivity contribution in [2.45, 2.75) is 39.2 Å². The normalized spacial score (nSPS) is 12.4. The van der Waals surface area contributed by atoms with Crippen LogP contribution in [0, 0.1) is 6.42 Å². The van der Waals surface area contributed by atoms with Crippen molar-refractivity contribution in [1.29, 1.82) is 0 Å². The summed E-state index contributed by atoms with van der Waals surface area (Å²) in [4.78, 5) is 0. The van der Waals surface area contributed by atoms with Crippen LogP contribution in [0.3, 0.4) is 0 Å². The first-order valence-corrected chi connectivity index (χ1v) is 5.36. The highest BCUT2D eigenvalue weighted by molar-refractivity contribution is 5.21. The maximum Gasteiger partial charge on any atom is 0.119 e. The SMILES string of the molecule is C[CH]CCC(CC)Oc1ccccc1. The minimum Gasteiger partial charge on any atom is -0.490 e. The van der Waals surface area contributed by atoms with Crippen LogP contribution in [0.15, 0.2) is 30.3 Å². The molecule has 1 aromatic carbocycles. The second-order valence-electron chi connectivity index (χ2n) is 3.45. The van der Waals surface area contributed by atoms with Crippen LogP contribution in [0.1, 0.15) is 33.1 Å². The molecule has 0 aliphatic rings. The minimum absolute atomic E-state index is 0.355. The zero-order valence-electron chi connectivity index (χ0n) is 9.07. The summed E-state index contributed by atoms with van der Waals surface area (Å²) in [7, 11) is 0. The van der Waals surface area contributed by atoms with Gasteiger partial charge in [0.2, 0.25) is 0 Å². The molecule has 1 nitrogen and oxygen atoms in total. The molecule has 0 aliphatic carbocycles. The van der Waals surface area contributed by atoms with Gasteiger partial charge in [-0.3, -0.25) is 0 Å². The van der Waals surface area contributed by atoms with Crippen LogP contribution in [-0.4, -0.2) is 6.10 Å². The van der Waals surface area contributed by atoms with E-state index in [2.05, 4.69) is 20.3 Å². The van der Waals surface area contributed by atoms with E-state index in [0.717, 1.165) is 25.0 Å². The van der Waals surface area contributed by atoms with E-state index in [4.69, 9.17) is 4.74 Å². The molecule has 0 bridgehead atoms. The molecule has 0 amide bonds. The molecule has 0 N–H and O–H groups in total. The molecule has 0 aliphatic heterocycles. The Morgan fingerprint density at radius 3 is 2.57 bits per heavy atom. The molecular weight excluding hydrogens is 172 g/mol. The predicted molar refractivity (Wildman–Crippen MR) is 60.4 cm³/mol. The van der Waals surface area contributed by atoms with Crippen LogP contribution in [-0.2, 0) is 0 Å². The molecule has 1 heteroatoms. The lowest BCUT2D eigenvalue weighted by Gasteiger charge is -2.16. The van der Waals surface area contributed by atoms with Crippen molar-refractivity contribution in [2.75, 3.05) is 0 Å². The molecule has 1 radical (unpaired) electrons. The van der Waals surface area contributed by atoms with Gasteiger partial charge in [-0.25, -0.2) is 0 Å². The molecule has 0 aromatic heterocycles. The molecule has 0 saturated carbocycles. The zero-order valence-corrected chi connectivity index (χ0v) is 9.07. The largest absolute Gasteiger partial charge is 0.490 e. The van der Waals surface area contributed by atoms with Gasteiger partial charge in [0.1, 0.15) is 5.75 Å². The van der Waals surface area contributed by atoms with Crippen LogP contribution in [0.5, 0.6) is 5.75 Å². The average Bonchev–Trinajstić information content (AvgIpc) is 2.25. The molecule has 0 spiro atoms. The monoisotopic (exact) mass is 191 g/mol. The molecule has 1 aromatic rings. The Morgan fingerprint density at radius 2 is 2.00 bits per heavy atom. The molecule has 14 heavy (non-hydrogen) atoms. The molecule has 1 rings (SSSR count). The lowest BCUT2D eigenvalue weighted by molar-refractivity contribution is 0.187. The highest BCUT2D eigenvalue weighted by Gasteiger charge is 2.06. The Hall–Kier alpha value is -0.980. The van der Waals surface area contributed by atoms with Gasteiger partial charge in [0.15, 0.2) is 0 Å². The summed E-state index contributed by atoms with van der Waals surface area (Å²) in [6, 6.07) is 10.0. The Balaban J connectivity index is 2.40. The summed E-state index contributed by atoms with van der Waals surface area (Å²) >= 11 is 0. The average molecular weight is 191 g/mol. The molecule has 0 saturated heterocycles. The van der Waals surface area contributed by atoms with E-state index >= 15 is 0 Å². The van der Waals surface area contributed by atoms with Gasteiger partial charge in [0, 0.05) is 0 Å². The van der Waals surface area contributed by atoms with Gasteiger partial charge in [0.05, 0.1) is 6.10 Å². The number of rotatable bonds is 6. The van der Waals surface area contributed by atoms with Gasteiger partial charge >= 0.3 is 0 Å². The van der Waals surface area contributed by atoms with Crippen molar-refractivity contribution in [2.24, 2.45) is 0 Å². The first-order chi connectivity index (χ1) is 6.86. The number of para-hydroxylation sites is 1. The standard InChI is InChI=1S/C13H19O/c1-3-5-9-12(4-2)14-13-10-7-6-8-11-13/h3,6-8,10-12H,4-5,9H2,1-2H3. The second kappa shape index (κ2) is 6.47. The first kappa shape index (κ1) is 11.1. The van der Waals surface area contributed by atoms with Gasteiger partial charge in [0.25, 0.3) is 0 Å². The van der Waals surface area contributed by atoms with Crippen molar-refractivity contribution >= 4 is 0 Å². The third-order valence-corrected chi connectivity index (χ3v) is 2.28. The van der Waals surface area contributed by atoms with E-state index in [0.29, 0.717) is 6.10 Å². The maximum absolute atomic E-state index is 5.85. The third-order valence-electron chi connectivity index (χ3n) is 2.28. The Bertz CT molecular complexity index is 230. The van der Waals surface area contributed by atoms with Crippen molar-refractivity contribution in [3.05, 3.63) is 36.8 Å². The van der Waals surface area contributed by atoms with Gasteiger partial charge in [-0.05, 0) is 37.8 Å². The summed E-state index contributed by atoms with van der Waals surface area (Å²) in [5, 5.41) is 0. The van der Waals surface area contributed by atoms with Crippen LogP contribution in [0.2, 0.25) is 0 Å². The summed E-state index contributed by atoms with van der Waals surface area (Å²) in [5.74, 6) is 0.982. The topological polar surface area (TPSA) is 9.23 Å². The van der Waals surface area contributed by atoms with E-state index in [1.54, 1.807) is 0 Å². The zero-order chi connectivity index (χ0) is 10.2. The summed E-state index contributed by atoms with van der Waals surface area (Å²) in [5.41, 5.74) is 0. The number of hydrogen-bond acceptors (Lipinski definition) is 1. The Kier molecular flexibility index (Phi) is 5.13. The van der Waals surface area contributed by atoms with Crippen LogP contribution >= 0.6 is 0 Å². The number of benzene rings is 1. The van der Waals surface area contributed by atoms with Crippen molar-refractivity contribution in [3.8, 4) is 5.75 Å². The number of ether oxygens (including phenoxy) is 1. The lowest BCUT2D eigenvalue weighted by Crippen LogP contribution is -2.14. The fraction of sp³-hybridized carbons (Fsp3) is 0.462. The molecule has 0 fully saturated rings. The third kappa shape index (κ3) is 3.82. The summed E-state index contributed by atoms with van der Waals surface area (Å²) < 4.78 is 5.85. The molecular formula is C13H19O. The van der Waals surface area contributed by atoms with E-state index in [1.807, 2.05) is 30.3 Å². The smallest absolute Gasteiger partial charge is 0.119 e. The lowest BCUT2D eigenvalue weighted by atomic mass is 10.1.